The number of carbonyl (C=O) groups excluding carboxylic acids is 1. The van der Waals surface area contributed by atoms with E-state index in [1.165, 1.54) is 0 Å². The minimum atomic E-state index is -0.451. The number of carbonyl (C=O) groups is 1. The van der Waals surface area contributed by atoms with Gasteiger partial charge >= 0.3 is 0 Å². The quantitative estimate of drug-likeness (QED) is 0.783. The fourth-order valence-electron chi connectivity index (χ4n) is 1.30. The van der Waals surface area contributed by atoms with Crippen molar-refractivity contribution >= 4 is 5.91 Å². The van der Waals surface area contributed by atoms with Crippen molar-refractivity contribution < 1.29 is 9.53 Å². The molecule has 0 aliphatic carbocycles. The van der Waals surface area contributed by atoms with Gasteiger partial charge in [0.05, 0.1) is 31.6 Å². The molecule has 0 aliphatic heterocycles. The van der Waals surface area contributed by atoms with Crippen molar-refractivity contribution in [2.75, 3.05) is 0 Å². The highest BCUT2D eigenvalue weighted by Crippen LogP contribution is 2.08. The van der Waals surface area contributed by atoms with Crippen LogP contribution in [0.15, 0.2) is 30.3 Å². The zero-order valence-electron chi connectivity index (χ0n) is 8.93. The number of nitrogens with two attached hydrogens (primary N) is 1. The summed E-state index contributed by atoms with van der Waals surface area (Å²) in [5, 5.41) is 8.56. The number of nitrogens with zero attached hydrogens (tertiary/aromatic N) is 1. The molecule has 0 spiro atoms. The van der Waals surface area contributed by atoms with Gasteiger partial charge in [0.2, 0.25) is 5.91 Å². The summed E-state index contributed by atoms with van der Waals surface area (Å²) in [6, 6.07) is 11.6. The Bertz CT molecular complexity index is 370. The molecule has 4 heteroatoms. The highest BCUT2D eigenvalue weighted by atomic mass is 16.5. The first-order valence-electron chi connectivity index (χ1n) is 5.03. The van der Waals surface area contributed by atoms with Crippen molar-refractivity contribution in [3.8, 4) is 6.07 Å². The van der Waals surface area contributed by atoms with Crippen molar-refractivity contribution in [1.82, 2.24) is 0 Å². The van der Waals surface area contributed by atoms with Crippen LogP contribution >= 0.6 is 0 Å². The second kappa shape index (κ2) is 6.59. The van der Waals surface area contributed by atoms with E-state index in [1.807, 2.05) is 36.4 Å². The minimum absolute atomic E-state index is 0.0837. The lowest BCUT2D eigenvalue weighted by atomic mass is 10.2. The zero-order valence-corrected chi connectivity index (χ0v) is 8.93. The molecule has 1 atom stereocenters. The molecule has 1 aromatic carbocycles. The molecule has 0 heterocycles. The molecular formula is C12H14N2O2. The molecule has 16 heavy (non-hydrogen) atoms. The maximum atomic E-state index is 10.7. The van der Waals surface area contributed by atoms with Gasteiger partial charge in [0.1, 0.15) is 0 Å². The van der Waals surface area contributed by atoms with Gasteiger partial charge in [-0.05, 0) is 5.56 Å². The number of hydrogen-bond acceptors (Lipinski definition) is 3. The standard InChI is InChI=1S/C12H14N2O2/c13-7-6-11(8-12(14)15)16-9-10-4-2-1-3-5-10/h1-5,11H,6,8-9H2,(H2,14,15)/t11-/m0/s1. The third kappa shape index (κ3) is 4.58. The minimum Gasteiger partial charge on any atom is -0.372 e. The average molecular weight is 218 g/mol. The molecular weight excluding hydrogens is 204 g/mol. The fourth-order valence-corrected chi connectivity index (χ4v) is 1.30. The predicted molar refractivity (Wildman–Crippen MR) is 59.1 cm³/mol. The summed E-state index contributed by atoms with van der Waals surface area (Å²) in [5.74, 6) is -0.451. The van der Waals surface area contributed by atoms with Crippen LogP contribution in [0, 0.1) is 11.3 Å². The van der Waals surface area contributed by atoms with E-state index < -0.39 is 12.0 Å². The normalized spacial score (nSPS) is 11.7. The molecule has 2 N–H and O–H groups in total. The van der Waals surface area contributed by atoms with E-state index >= 15 is 0 Å². The number of nitriles is 1. The van der Waals surface area contributed by atoms with Crippen LogP contribution < -0.4 is 5.73 Å². The Labute approximate surface area is 94.6 Å². The van der Waals surface area contributed by atoms with E-state index in [-0.39, 0.29) is 12.8 Å². The third-order valence-corrected chi connectivity index (χ3v) is 2.08. The van der Waals surface area contributed by atoms with E-state index in [0.29, 0.717) is 6.61 Å². The smallest absolute Gasteiger partial charge is 0.220 e. The van der Waals surface area contributed by atoms with Crippen LogP contribution in [-0.2, 0) is 16.1 Å². The van der Waals surface area contributed by atoms with Crippen LogP contribution in [0.25, 0.3) is 0 Å². The summed E-state index contributed by atoms with van der Waals surface area (Å²) in [5.41, 5.74) is 6.07. The van der Waals surface area contributed by atoms with Crippen LogP contribution in [0.4, 0.5) is 0 Å². The van der Waals surface area contributed by atoms with E-state index in [2.05, 4.69) is 0 Å². The third-order valence-electron chi connectivity index (χ3n) is 2.08. The first-order chi connectivity index (χ1) is 7.72. The highest BCUT2D eigenvalue weighted by molar-refractivity contribution is 5.74. The van der Waals surface area contributed by atoms with Crippen LogP contribution in [0.2, 0.25) is 0 Å². The highest BCUT2D eigenvalue weighted by Gasteiger charge is 2.12. The maximum Gasteiger partial charge on any atom is 0.220 e. The lowest BCUT2D eigenvalue weighted by Crippen LogP contribution is -2.22. The molecule has 0 saturated heterocycles. The molecule has 1 amide bonds. The molecule has 0 aliphatic rings. The molecule has 0 unspecified atom stereocenters. The Morgan fingerprint density at radius 1 is 1.44 bits per heavy atom. The van der Waals surface area contributed by atoms with Gasteiger partial charge in [-0.15, -0.1) is 0 Å². The van der Waals surface area contributed by atoms with E-state index in [4.69, 9.17) is 15.7 Å². The van der Waals surface area contributed by atoms with E-state index in [1.54, 1.807) is 0 Å². The van der Waals surface area contributed by atoms with Crippen molar-refractivity contribution in [3.63, 3.8) is 0 Å². The molecule has 4 nitrogen and oxygen atoms in total. The predicted octanol–water partition coefficient (Wildman–Crippen LogP) is 1.36. The number of ether oxygens (including phenoxy) is 1. The molecule has 1 aromatic rings. The molecule has 0 radical (unpaired) electrons. The molecule has 1 rings (SSSR count). The Morgan fingerprint density at radius 3 is 2.69 bits per heavy atom. The Hall–Kier alpha value is -1.86. The van der Waals surface area contributed by atoms with Crippen LogP contribution in [0.3, 0.4) is 0 Å². The van der Waals surface area contributed by atoms with Crippen molar-refractivity contribution in [2.45, 2.75) is 25.6 Å². The average Bonchev–Trinajstić information content (AvgIpc) is 2.27. The zero-order chi connectivity index (χ0) is 11.8. The summed E-state index contributed by atoms with van der Waals surface area (Å²) < 4.78 is 5.46. The number of amides is 1. The van der Waals surface area contributed by atoms with E-state index in [0.717, 1.165) is 5.56 Å². The first kappa shape index (κ1) is 12.2. The topological polar surface area (TPSA) is 76.1 Å². The van der Waals surface area contributed by atoms with Crippen LogP contribution in [0.5, 0.6) is 0 Å². The van der Waals surface area contributed by atoms with Gasteiger partial charge in [-0.25, -0.2) is 0 Å². The van der Waals surface area contributed by atoms with Crippen LogP contribution in [0.1, 0.15) is 18.4 Å². The molecule has 0 saturated carbocycles. The lowest BCUT2D eigenvalue weighted by molar-refractivity contribution is -0.121. The van der Waals surface area contributed by atoms with Gasteiger partial charge in [0.25, 0.3) is 0 Å². The number of hydrogen-bond donors (Lipinski definition) is 1. The van der Waals surface area contributed by atoms with Gasteiger partial charge in [-0.1, -0.05) is 30.3 Å². The second-order valence-electron chi connectivity index (χ2n) is 3.45. The monoisotopic (exact) mass is 218 g/mol. The Balaban J connectivity index is 2.44. The Kier molecular flexibility index (Phi) is 5.03. The summed E-state index contributed by atoms with van der Waals surface area (Å²) in [6.45, 7) is 0.389. The molecule has 0 aromatic heterocycles. The summed E-state index contributed by atoms with van der Waals surface area (Å²) in [4.78, 5) is 10.7. The molecule has 0 bridgehead atoms. The first-order valence-corrected chi connectivity index (χ1v) is 5.03. The van der Waals surface area contributed by atoms with Crippen molar-refractivity contribution in [2.24, 2.45) is 5.73 Å². The van der Waals surface area contributed by atoms with Gasteiger partial charge in [-0.3, -0.25) is 4.79 Å². The van der Waals surface area contributed by atoms with Gasteiger partial charge < -0.3 is 10.5 Å². The Morgan fingerprint density at radius 2 is 2.12 bits per heavy atom. The van der Waals surface area contributed by atoms with E-state index in [9.17, 15) is 4.79 Å². The van der Waals surface area contributed by atoms with Gasteiger partial charge in [0.15, 0.2) is 0 Å². The summed E-state index contributed by atoms with van der Waals surface area (Å²) in [6.07, 6.45) is -0.154. The maximum absolute atomic E-state index is 10.7. The van der Waals surface area contributed by atoms with Gasteiger partial charge in [-0.2, -0.15) is 5.26 Å². The largest absolute Gasteiger partial charge is 0.372 e. The van der Waals surface area contributed by atoms with Crippen molar-refractivity contribution in [1.29, 1.82) is 5.26 Å². The number of primary amides is 1. The SMILES string of the molecule is N#CC[C@@H](CC(N)=O)OCc1ccccc1. The number of benzene rings is 1. The fraction of sp³-hybridized carbons (Fsp3) is 0.333. The van der Waals surface area contributed by atoms with Crippen LogP contribution in [-0.4, -0.2) is 12.0 Å². The van der Waals surface area contributed by atoms with Crippen molar-refractivity contribution in [3.05, 3.63) is 35.9 Å². The molecule has 0 fully saturated rings. The van der Waals surface area contributed by atoms with Gasteiger partial charge in [0, 0.05) is 0 Å². The summed E-state index contributed by atoms with van der Waals surface area (Å²) >= 11 is 0. The second-order valence-corrected chi connectivity index (χ2v) is 3.45. The summed E-state index contributed by atoms with van der Waals surface area (Å²) in [7, 11) is 0. The number of rotatable bonds is 6. The molecule has 84 valence electrons. The lowest BCUT2D eigenvalue weighted by Gasteiger charge is -2.13.